The maximum absolute atomic E-state index is 12.6. The van der Waals surface area contributed by atoms with Crippen molar-refractivity contribution in [2.45, 2.75) is 12.8 Å². The molecule has 0 saturated carbocycles. The number of rotatable bonds is 4. The zero-order valence-corrected chi connectivity index (χ0v) is 11.0. The van der Waals surface area contributed by atoms with Crippen LogP contribution in [-0.2, 0) is 12.8 Å². The van der Waals surface area contributed by atoms with Crippen LogP contribution in [0, 0.1) is 10.1 Å². The van der Waals surface area contributed by atoms with E-state index in [4.69, 9.17) is 9.84 Å². The normalized spacial score (nSPS) is 11.3. The number of benzene rings is 2. The van der Waals surface area contributed by atoms with E-state index in [1.54, 1.807) is 0 Å². The summed E-state index contributed by atoms with van der Waals surface area (Å²) in [6.45, 7) is -0.587. The fourth-order valence-electron chi connectivity index (χ4n) is 1.80. The summed E-state index contributed by atoms with van der Waals surface area (Å²) in [5, 5.41) is 19.8. The van der Waals surface area contributed by atoms with Gasteiger partial charge in [-0.15, -0.1) is 0 Å². The molecule has 0 fully saturated rings. The molecule has 0 bridgehead atoms. The van der Waals surface area contributed by atoms with Crippen LogP contribution in [0.3, 0.4) is 0 Å². The summed E-state index contributed by atoms with van der Waals surface area (Å²) in [6.07, 6.45) is -4.49. The molecular weight excluding hydrogens is 303 g/mol. The molecule has 0 aliphatic heterocycles. The molecule has 0 aromatic heterocycles. The minimum absolute atomic E-state index is 0.00877. The molecule has 0 heterocycles. The molecule has 0 atom stereocenters. The maximum Gasteiger partial charge on any atom is 0.416 e. The van der Waals surface area contributed by atoms with E-state index in [2.05, 4.69) is 0 Å². The zero-order chi connectivity index (χ0) is 16.3. The van der Waals surface area contributed by atoms with Gasteiger partial charge in [0, 0.05) is 6.07 Å². The number of ether oxygens (including phenoxy) is 1. The van der Waals surface area contributed by atoms with Crippen LogP contribution in [0.1, 0.15) is 11.1 Å². The van der Waals surface area contributed by atoms with Gasteiger partial charge in [-0.2, -0.15) is 13.2 Å². The van der Waals surface area contributed by atoms with Crippen LogP contribution in [0.5, 0.6) is 11.5 Å². The number of nitro benzene ring substituents is 1. The largest absolute Gasteiger partial charge is 0.457 e. The second-order valence-corrected chi connectivity index (χ2v) is 4.33. The first-order valence-electron chi connectivity index (χ1n) is 6.04. The van der Waals surface area contributed by atoms with E-state index in [9.17, 15) is 23.3 Å². The van der Waals surface area contributed by atoms with E-state index >= 15 is 0 Å². The van der Waals surface area contributed by atoms with Gasteiger partial charge in [0.1, 0.15) is 11.5 Å². The monoisotopic (exact) mass is 313 g/mol. The fourth-order valence-corrected chi connectivity index (χ4v) is 1.80. The second kappa shape index (κ2) is 6.02. The molecule has 0 radical (unpaired) electrons. The van der Waals surface area contributed by atoms with Crippen LogP contribution in [0.25, 0.3) is 0 Å². The van der Waals surface area contributed by atoms with E-state index in [-0.39, 0.29) is 22.7 Å². The van der Waals surface area contributed by atoms with Crippen LogP contribution in [0.4, 0.5) is 18.9 Å². The Hall–Kier alpha value is -2.61. The molecule has 8 heteroatoms. The highest BCUT2D eigenvalue weighted by molar-refractivity contribution is 5.46. The third-order valence-electron chi connectivity index (χ3n) is 2.82. The highest BCUT2D eigenvalue weighted by Gasteiger charge is 2.30. The first-order valence-corrected chi connectivity index (χ1v) is 6.04. The molecule has 0 aliphatic carbocycles. The number of halogens is 3. The first-order chi connectivity index (χ1) is 10.3. The lowest BCUT2D eigenvalue weighted by Crippen LogP contribution is -2.04. The molecule has 2 aromatic rings. The lowest BCUT2D eigenvalue weighted by atomic mass is 10.2. The van der Waals surface area contributed by atoms with Gasteiger partial charge in [-0.1, -0.05) is 6.07 Å². The van der Waals surface area contributed by atoms with Gasteiger partial charge in [-0.25, -0.2) is 0 Å². The Kier molecular flexibility index (Phi) is 4.32. The molecule has 2 aromatic carbocycles. The first kappa shape index (κ1) is 15.8. The average Bonchev–Trinajstić information content (AvgIpc) is 2.46. The van der Waals surface area contributed by atoms with Crippen molar-refractivity contribution in [3.05, 3.63) is 63.7 Å². The quantitative estimate of drug-likeness (QED) is 0.686. The summed E-state index contributed by atoms with van der Waals surface area (Å²) in [6, 6.07) is 7.82. The van der Waals surface area contributed by atoms with Crippen LogP contribution in [-0.4, -0.2) is 10.0 Å². The van der Waals surface area contributed by atoms with Gasteiger partial charge in [-0.05, 0) is 30.3 Å². The maximum atomic E-state index is 12.6. The summed E-state index contributed by atoms with van der Waals surface area (Å²) in [5.41, 5.74) is -1.15. The number of hydrogen-bond acceptors (Lipinski definition) is 4. The molecule has 0 saturated heterocycles. The number of alkyl halides is 3. The Balaban J connectivity index is 2.30. The summed E-state index contributed by atoms with van der Waals surface area (Å²) in [7, 11) is 0. The van der Waals surface area contributed by atoms with Gasteiger partial charge in [-0.3, -0.25) is 10.1 Å². The Morgan fingerprint density at radius 1 is 1.14 bits per heavy atom. The van der Waals surface area contributed by atoms with Crippen molar-refractivity contribution in [3.8, 4) is 11.5 Å². The molecule has 0 amide bonds. The Morgan fingerprint density at radius 3 is 2.41 bits per heavy atom. The lowest BCUT2D eigenvalue weighted by Gasteiger charge is -2.10. The van der Waals surface area contributed by atoms with Crippen LogP contribution < -0.4 is 4.74 Å². The summed E-state index contributed by atoms with van der Waals surface area (Å²) in [4.78, 5) is 10.1. The smallest absolute Gasteiger partial charge is 0.416 e. The number of aliphatic hydroxyl groups is 1. The van der Waals surface area contributed by atoms with Gasteiger partial charge in [0.2, 0.25) is 0 Å². The van der Waals surface area contributed by atoms with E-state index in [0.29, 0.717) is 0 Å². The van der Waals surface area contributed by atoms with Gasteiger partial charge in [0.15, 0.2) is 0 Å². The standard InChI is InChI=1S/C14H10F3NO4/c15-14(16,17)10-2-1-3-11(7-10)22-12-4-5-13(18(20)21)9(6-12)8-19/h1-7,19H,8H2. The molecule has 22 heavy (non-hydrogen) atoms. The minimum atomic E-state index is -4.49. The SMILES string of the molecule is O=[N+]([O-])c1ccc(Oc2cccc(C(F)(F)F)c2)cc1CO. The Bertz CT molecular complexity index is 701. The van der Waals surface area contributed by atoms with Crippen molar-refractivity contribution in [3.63, 3.8) is 0 Å². The van der Waals surface area contributed by atoms with Crippen LogP contribution in [0.2, 0.25) is 0 Å². The molecule has 2 rings (SSSR count). The third kappa shape index (κ3) is 3.53. The summed E-state index contributed by atoms with van der Waals surface area (Å²) in [5.74, 6) is 0.0292. The van der Waals surface area contributed by atoms with Gasteiger partial charge < -0.3 is 9.84 Å². The number of nitrogens with zero attached hydrogens (tertiary/aromatic N) is 1. The molecule has 0 spiro atoms. The van der Waals surface area contributed by atoms with E-state index in [0.717, 1.165) is 18.2 Å². The molecule has 0 unspecified atom stereocenters. The predicted molar refractivity (Wildman–Crippen MR) is 70.5 cm³/mol. The van der Waals surface area contributed by atoms with Crippen LogP contribution in [0.15, 0.2) is 42.5 Å². The van der Waals surface area contributed by atoms with Crippen molar-refractivity contribution < 1.29 is 27.9 Å². The van der Waals surface area contributed by atoms with E-state index in [1.165, 1.54) is 24.3 Å². The fraction of sp³-hybridized carbons (Fsp3) is 0.143. The average molecular weight is 313 g/mol. The van der Waals surface area contributed by atoms with Crippen molar-refractivity contribution in [2.75, 3.05) is 0 Å². The van der Waals surface area contributed by atoms with Crippen molar-refractivity contribution in [1.82, 2.24) is 0 Å². The van der Waals surface area contributed by atoms with E-state index in [1.807, 2.05) is 0 Å². The predicted octanol–water partition coefficient (Wildman–Crippen LogP) is 3.90. The van der Waals surface area contributed by atoms with Gasteiger partial charge >= 0.3 is 6.18 Å². The Labute approximate surface area is 122 Å². The van der Waals surface area contributed by atoms with Gasteiger partial charge in [0.25, 0.3) is 5.69 Å². The third-order valence-corrected chi connectivity index (χ3v) is 2.82. The number of nitro groups is 1. The summed E-state index contributed by atoms with van der Waals surface area (Å²) < 4.78 is 43.1. The molecule has 0 aliphatic rings. The number of aliphatic hydroxyl groups excluding tert-OH is 1. The molecule has 1 N–H and O–H groups in total. The Morgan fingerprint density at radius 2 is 1.82 bits per heavy atom. The van der Waals surface area contributed by atoms with Crippen molar-refractivity contribution in [1.29, 1.82) is 0 Å². The molecular formula is C14H10F3NO4. The summed E-state index contributed by atoms with van der Waals surface area (Å²) >= 11 is 0. The number of hydrogen-bond donors (Lipinski definition) is 1. The molecule has 5 nitrogen and oxygen atoms in total. The topological polar surface area (TPSA) is 72.6 Å². The minimum Gasteiger partial charge on any atom is -0.457 e. The van der Waals surface area contributed by atoms with Crippen LogP contribution >= 0.6 is 0 Å². The lowest BCUT2D eigenvalue weighted by molar-refractivity contribution is -0.385. The van der Waals surface area contributed by atoms with Crippen molar-refractivity contribution >= 4 is 5.69 Å². The van der Waals surface area contributed by atoms with Gasteiger partial charge in [0.05, 0.1) is 22.7 Å². The second-order valence-electron chi connectivity index (χ2n) is 4.33. The highest BCUT2D eigenvalue weighted by atomic mass is 19.4. The van der Waals surface area contributed by atoms with Crippen molar-refractivity contribution in [2.24, 2.45) is 0 Å². The highest BCUT2D eigenvalue weighted by Crippen LogP contribution is 2.33. The zero-order valence-electron chi connectivity index (χ0n) is 11.0. The van der Waals surface area contributed by atoms with E-state index < -0.39 is 23.3 Å². The molecule has 116 valence electrons.